The van der Waals surface area contributed by atoms with E-state index in [0.29, 0.717) is 48.1 Å². The highest BCUT2D eigenvalue weighted by atomic mass is 19.1. The van der Waals surface area contributed by atoms with Crippen molar-refractivity contribution in [2.24, 2.45) is 5.92 Å². The van der Waals surface area contributed by atoms with Gasteiger partial charge in [-0.25, -0.2) is 14.4 Å². The first-order chi connectivity index (χ1) is 16.4. The Morgan fingerprint density at radius 2 is 1.76 bits per heavy atom. The van der Waals surface area contributed by atoms with Crippen molar-refractivity contribution < 1.29 is 23.5 Å². The van der Waals surface area contributed by atoms with E-state index in [1.807, 2.05) is 13.8 Å². The zero-order valence-electron chi connectivity index (χ0n) is 19.4. The molecule has 10 heteroatoms. The third-order valence-corrected chi connectivity index (χ3v) is 4.69. The Bertz CT molecular complexity index is 1140. The molecule has 0 fully saturated rings. The van der Waals surface area contributed by atoms with Gasteiger partial charge in [0.05, 0.1) is 24.1 Å². The topological polar surface area (TPSA) is 114 Å². The van der Waals surface area contributed by atoms with Crippen molar-refractivity contribution in [3.63, 3.8) is 0 Å². The van der Waals surface area contributed by atoms with Gasteiger partial charge in [0.25, 0.3) is 0 Å². The highest BCUT2D eigenvalue weighted by Crippen LogP contribution is 2.29. The average Bonchev–Trinajstić information content (AvgIpc) is 2.79. The zero-order chi connectivity index (χ0) is 24.5. The van der Waals surface area contributed by atoms with Crippen LogP contribution >= 0.6 is 0 Å². The molecule has 0 saturated carbocycles. The third kappa shape index (κ3) is 7.11. The van der Waals surface area contributed by atoms with Crippen LogP contribution in [0, 0.1) is 11.7 Å². The largest absolute Gasteiger partial charge is 0.491 e. The molecule has 3 rings (SSSR count). The summed E-state index contributed by atoms with van der Waals surface area (Å²) in [4.78, 5) is 32.0. The van der Waals surface area contributed by atoms with Gasteiger partial charge >= 0.3 is 0 Å². The molecule has 3 N–H and O–H groups in total. The van der Waals surface area contributed by atoms with Gasteiger partial charge < -0.3 is 25.4 Å². The lowest BCUT2D eigenvalue weighted by molar-refractivity contribution is -0.124. The Morgan fingerprint density at radius 1 is 1.03 bits per heavy atom. The van der Waals surface area contributed by atoms with Crippen LogP contribution in [-0.4, -0.2) is 48.7 Å². The van der Waals surface area contributed by atoms with E-state index in [2.05, 4.69) is 25.9 Å². The lowest BCUT2D eigenvalue weighted by atomic mass is 10.1. The number of amides is 2. The molecule has 0 bridgehead atoms. The number of nitrogens with zero attached hydrogens (tertiary/aromatic N) is 2. The molecule has 0 aliphatic heterocycles. The van der Waals surface area contributed by atoms with Crippen molar-refractivity contribution in [3.8, 4) is 5.75 Å². The number of aromatic nitrogens is 2. The monoisotopic (exact) mass is 469 g/mol. The zero-order valence-corrected chi connectivity index (χ0v) is 19.4. The average molecular weight is 470 g/mol. The van der Waals surface area contributed by atoms with E-state index in [4.69, 9.17) is 9.47 Å². The molecule has 0 saturated heterocycles. The minimum Gasteiger partial charge on any atom is -0.491 e. The summed E-state index contributed by atoms with van der Waals surface area (Å²) in [5, 5.41) is 8.62. The van der Waals surface area contributed by atoms with Crippen LogP contribution in [0.3, 0.4) is 0 Å². The SMILES string of the molecule is COCCOc1cc(F)c2c(Nc3ccc(NC(=O)CNC(=O)CC(C)C)cc3)ncnc2c1. The molecular formula is C24H28FN5O4. The maximum absolute atomic E-state index is 14.8. The van der Waals surface area contributed by atoms with E-state index in [9.17, 15) is 14.0 Å². The normalized spacial score (nSPS) is 10.9. The van der Waals surface area contributed by atoms with Crippen LogP contribution < -0.4 is 20.7 Å². The Labute approximate surface area is 197 Å². The summed E-state index contributed by atoms with van der Waals surface area (Å²) in [6.07, 6.45) is 1.71. The molecule has 180 valence electrons. The Hall–Kier alpha value is -3.79. The molecule has 34 heavy (non-hydrogen) atoms. The Balaban J connectivity index is 1.64. The van der Waals surface area contributed by atoms with Crippen LogP contribution in [0.25, 0.3) is 10.9 Å². The lowest BCUT2D eigenvalue weighted by Crippen LogP contribution is -2.33. The number of halogens is 1. The summed E-state index contributed by atoms with van der Waals surface area (Å²) < 4.78 is 25.2. The number of carbonyl (C=O) groups is 2. The van der Waals surface area contributed by atoms with E-state index in [-0.39, 0.29) is 29.7 Å². The summed E-state index contributed by atoms with van der Waals surface area (Å²) >= 11 is 0. The second-order valence-electron chi connectivity index (χ2n) is 7.99. The van der Waals surface area contributed by atoms with Crippen LogP contribution in [0.15, 0.2) is 42.7 Å². The molecule has 1 heterocycles. The van der Waals surface area contributed by atoms with Crippen LogP contribution in [0.4, 0.5) is 21.6 Å². The van der Waals surface area contributed by atoms with Gasteiger partial charge in [0.2, 0.25) is 11.8 Å². The fourth-order valence-electron chi connectivity index (χ4n) is 3.14. The van der Waals surface area contributed by atoms with E-state index in [1.165, 1.54) is 12.4 Å². The fraction of sp³-hybridized carbons (Fsp3) is 0.333. The second-order valence-corrected chi connectivity index (χ2v) is 7.99. The van der Waals surface area contributed by atoms with Gasteiger partial charge in [-0.2, -0.15) is 0 Å². The summed E-state index contributed by atoms with van der Waals surface area (Å²) in [5.41, 5.74) is 1.60. The van der Waals surface area contributed by atoms with Crippen LogP contribution in [0.5, 0.6) is 5.75 Å². The minimum absolute atomic E-state index is 0.102. The highest BCUT2D eigenvalue weighted by Gasteiger charge is 2.13. The van der Waals surface area contributed by atoms with Crippen molar-refractivity contribution in [3.05, 3.63) is 48.5 Å². The number of carbonyl (C=O) groups excluding carboxylic acids is 2. The molecule has 2 amide bonds. The molecule has 0 aliphatic rings. The first-order valence-corrected chi connectivity index (χ1v) is 10.9. The summed E-state index contributed by atoms with van der Waals surface area (Å²) in [6, 6.07) is 9.75. The molecule has 0 unspecified atom stereocenters. The number of fused-ring (bicyclic) bond motifs is 1. The van der Waals surface area contributed by atoms with Crippen LogP contribution in [0.2, 0.25) is 0 Å². The smallest absolute Gasteiger partial charge is 0.243 e. The summed E-state index contributed by atoms with van der Waals surface area (Å²) in [6.45, 7) is 4.45. The van der Waals surface area contributed by atoms with E-state index in [1.54, 1.807) is 37.4 Å². The Morgan fingerprint density at radius 3 is 2.47 bits per heavy atom. The maximum Gasteiger partial charge on any atom is 0.243 e. The van der Waals surface area contributed by atoms with Gasteiger partial charge in [0.1, 0.15) is 30.3 Å². The molecule has 9 nitrogen and oxygen atoms in total. The molecule has 3 aromatic rings. The van der Waals surface area contributed by atoms with Gasteiger partial charge in [-0.1, -0.05) is 13.8 Å². The van der Waals surface area contributed by atoms with Crippen LogP contribution in [0.1, 0.15) is 20.3 Å². The first-order valence-electron chi connectivity index (χ1n) is 10.9. The Kier molecular flexibility index (Phi) is 8.69. The molecule has 2 aromatic carbocycles. The van der Waals surface area contributed by atoms with E-state index >= 15 is 0 Å². The van der Waals surface area contributed by atoms with Crippen molar-refractivity contribution in [1.82, 2.24) is 15.3 Å². The van der Waals surface area contributed by atoms with Crippen molar-refractivity contribution in [2.75, 3.05) is 37.5 Å². The fourth-order valence-corrected chi connectivity index (χ4v) is 3.14. The molecule has 0 spiro atoms. The van der Waals surface area contributed by atoms with Crippen molar-refractivity contribution >= 4 is 39.9 Å². The van der Waals surface area contributed by atoms with E-state index < -0.39 is 5.82 Å². The number of nitrogens with one attached hydrogen (secondary N) is 3. The minimum atomic E-state index is -0.517. The maximum atomic E-state index is 14.8. The molecule has 1 aromatic heterocycles. The highest BCUT2D eigenvalue weighted by molar-refractivity contribution is 5.95. The molecule has 0 atom stereocenters. The predicted octanol–water partition coefficient (Wildman–Crippen LogP) is 3.64. The third-order valence-electron chi connectivity index (χ3n) is 4.69. The number of benzene rings is 2. The number of hydrogen-bond acceptors (Lipinski definition) is 7. The quantitative estimate of drug-likeness (QED) is 0.367. The van der Waals surface area contributed by atoms with Crippen molar-refractivity contribution in [2.45, 2.75) is 20.3 Å². The number of rotatable bonds is 11. The van der Waals surface area contributed by atoms with Gasteiger partial charge in [0.15, 0.2) is 0 Å². The van der Waals surface area contributed by atoms with E-state index in [0.717, 1.165) is 0 Å². The summed E-state index contributed by atoms with van der Waals surface area (Å²) in [5.74, 6) is -0.132. The first kappa shape index (κ1) is 24.8. The number of methoxy groups -OCH3 is 1. The second kappa shape index (κ2) is 11.9. The van der Waals surface area contributed by atoms with Gasteiger partial charge in [-0.05, 0) is 30.2 Å². The predicted molar refractivity (Wildman–Crippen MR) is 128 cm³/mol. The standard InChI is InChI=1S/C24H28FN5O4/c1-15(2)10-21(31)26-13-22(32)29-16-4-6-17(7-5-16)30-24-23-19(25)11-18(34-9-8-33-3)12-20(23)27-14-28-24/h4-7,11-12,14-15H,8-10,13H2,1-3H3,(H,26,31)(H,29,32)(H,27,28,30). The number of anilines is 3. The van der Waals surface area contributed by atoms with Gasteiger partial charge in [-0.3, -0.25) is 9.59 Å². The lowest BCUT2D eigenvalue weighted by Gasteiger charge is -2.12. The summed E-state index contributed by atoms with van der Waals surface area (Å²) in [7, 11) is 1.56. The number of ether oxygens (including phenoxy) is 2. The van der Waals surface area contributed by atoms with Gasteiger partial charge in [-0.15, -0.1) is 0 Å². The molecule has 0 aliphatic carbocycles. The van der Waals surface area contributed by atoms with Gasteiger partial charge in [0, 0.05) is 37.0 Å². The van der Waals surface area contributed by atoms with Crippen LogP contribution in [-0.2, 0) is 14.3 Å². The molecule has 0 radical (unpaired) electrons. The molecular weight excluding hydrogens is 441 g/mol. The number of hydrogen-bond donors (Lipinski definition) is 3. The van der Waals surface area contributed by atoms with Crippen molar-refractivity contribution in [1.29, 1.82) is 0 Å².